The number of nitrogens with zero attached hydrogens (tertiary/aromatic N) is 2. The lowest BCUT2D eigenvalue weighted by atomic mass is 10.1. The van der Waals surface area contributed by atoms with E-state index in [9.17, 15) is 18.0 Å². The summed E-state index contributed by atoms with van der Waals surface area (Å²) < 4.78 is 26.3. The summed E-state index contributed by atoms with van der Waals surface area (Å²) >= 11 is 12.1. The Kier molecular flexibility index (Phi) is 9.79. The number of carbonyl (C=O) groups excluding carboxylic acids is 2. The van der Waals surface area contributed by atoms with Crippen LogP contribution in [0.5, 0.6) is 0 Å². The first-order chi connectivity index (χ1) is 15.8. The first-order valence-electron chi connectivity index (χ1n) is 10.9. The van der Waals surface area contributed by atoms with E-state index in [2.05, 4.69) is 5.32 Å². The fraction of sp³-hybridized carbons (Fsp3) is 0.417. The second kappa shape index (κ2) is 11.9. The van der Waals surface area contributed by atoms with Gasteiger partial charge in [0.2, 0.25) is 21.8 Å². The van der Waals surface area contributed by atoms with Gasteiger partial charge in [-0.15, -0.1) is 0 Å². The van der Waals surface area contributed by atoms with Crippen molar-refractivity contribution in [3.05, 3.63) is 63.1 Å². The SMILES string of the molecule is CCCNC(=O)[C@H](C)N(Cc1ccc(Cl)c(Cl)c1)C(=O)CN(c1ccc(C)c(C)c1)S(C)(=O)=O. The minimum absolute atomic E-state index is 0.0565. The van der Waals surface area contributed by atoms with Crippen LogP contribution in [-0.2, 0) is 26.2 Å². The zero-order valence-corrected chi connectivity index (χ0v) is 22.4. The topological polar surface area (TPSA) is 86.8 Å². The maximum Gasteiger partial charge on any atom is 0.244 e. The number of halogens is 2. The second-order valence-electron chi connectivity index (χ2n) is 8.28. The molecule has 186 valence electrons. The van der Waals surface area contributed by atoms with Crippen LogP contribution in [0.3, 0.4) is 0 Å². The lowest BCUT2D eigenvalue weighted by molar-refractivity contribution is -0.139. The highest BCUT2D eigenvalue weighted by Gasteiger charge is 2.30. The molecule has 34 heavy (non-hydrogen) atoms. The molecule has 0 aliphatic carbocycles. The first kappa shape index (κ1) is 28.0. The maximum absolute atomic E-state index is 13.5. The van der Waals surface area contributed by atoms with Gasteiger partial charge in [0.15, 0.2) is 0 Å². The van der Waals surface area contributed by atoms with E-state index in [0.29, 0.717) is 27.8 Å². The molecule has 2 amide bonds. The number of rotatable bonds is 10. The Morgan fingerprint density at radius 2 is 1.71 bits per heavy atom. The zero-order chi connectivity index (χ0) is 25.6. The summed E-state index contributed by atoms with van der Waals surface area (Å²) in [6.45, 7) is 7.41. The maximum atomic E-state index is 13.5. The van der Waals surface area contributed by atoms with E-state index >= 15 is 0 Å². The van der Waals surface area contributed by atoms with Gasteiger partial charge in [-0.2, -0.15) is 0 Å². The van der Waals surface area contributed by atoms with E-state index in [0.717, 1.165) is 28.1 Å². The van der Waals surface area contributed by atoms with Crippen LogP contribution in [0.1, 0.15) is 37.0 Å². The van der Waals surface area contributed by atoms with Gasteiger partial charge in [-0.3, -0.25) is 13.9 Å². The van der Waals surface area contributed by atoms with E-state index in [-0.39, 0.29) is 12.5 Å². The molecule has 2 aromatic rings. The molecule has 0 aromatic heterocycles. The number of benzene rings is 2. The molecule has 0 bridgehead atoms. The molecule has 1 atom stereocenters. The Bertz CT molecular complexity index is 1150. The molecule has 0 radical (unpaired) electrons. The van der Waals surface area contributed by atoms with Crippen LogP contribution < -0.4 is 9.62 Å². The van der Waals surface area contributed by atoms with Crippen LogP contribution in [0.25, 0.3) is 0 Å². The molecule has 0 aliphatic rings. The molecule has 10 heteroatoms. The van der Waals surface area contributed by atoms with E-state index in [4.69, 9.17) is 23.2 Å². The molecule has 0 heterocycles. The van der Waals surface area contributed by atoms with Crippen LogP contribution >= 0.6 is 23.2 Å². The van der Waals surface area contributed by atoms with Gasteiger partial charge in [0, 0.05) is 13.1 Å². The Morgan fingerprint density at radius 3 is 2.26 bits per heavy atom. The third-order valence-corrected chi connectivity index (χ3v) is 7.39. The van der Waals surface area contributed by atoms with E-state index in [1.165, 1.54) is 4.90 Å². The molecular formula is C24H31Cl2N3O4S. The van der Waals surface area contributed by atoms with Crippen molar-refractivity contribution >= 4 is 50.7 Å². The highest BCUT2D eigenvalue weighted by atomic mass is 35.5. The van der Waals surface area contributed by atoms with Crippen LogP contribution in [-0.4, -0.2) is 50.5 Å². The zero-order valence-electron chi connectivity index (χ0n) is 20.1. The largest absolute Gasteiger partial charge is 0.354 e. The summed E-state index contributed by atoms with van der Waals surface area (Å²) in [6.07, 6.45) is 1.80. The molecule has 1 N–H and O–H groups in total. The first-order valence-corrected chi connectivity index (χ1v) is 13.5. The fourth-order valence-electron chi connectivity index (χ4n) is 3.31. The van der Waals surface area contributed by atoms with Crippen molar-refractivity contribution in [2.45, 2.75) is 46.7 Å². The Morgan fingerprint density at radius 1 is 1.03 bits per heavy atom. The molecule has 0 saturated heterocycles. The summed E-state index contributed by atoms with van der Waals surface area (Å²) in [7, 11) is -3.77. The number of nitrogens with one attached hydrogen (secondary N) is 1. The summed E-state index contributed by atoms with van der Waals surface area (Å²) in [6, 6.07) is 9.31. The minimum atomic E-state index is -3.77. The normalized spacial score (nSPS) is 12.2. The van der Waals surface area contributed by atoms with Crippen molar-refractivity contribution in [3.8, 4) is 0 Å². The molecular weight excluding hydrogens is 497 g/mol. The molecule has 2 rings (SSSR count). The smallest absolute Gasteiger partial charge is 0.244 e. The quantitative estimate of drug-likeness (QED) is 0.498. The number of hydrogen-bond donors (Lipinski definition) is 1. The average molecular weight is 529 g/mol. The van der Waals surface area contributed by atoms with Gasteiger partial charge in [-0.25, -0.2) is 8.42 Å². The van der Waals surface area contributed by atoms with Crippen molar-refractivity contribution in [2.24, 2.45) is 0 Å². The summed E-state index contributed by atoms with van der Waals surface area (Å²) in [5.41, 5.74) is 2.95. The van der Waals surface area contributed by atoms with E-state index in [1.54, 1.807) is 37.3 Å². The van der Waals surface area contributed by atoms with Crippen molar-refractivity contribution in [1.82, 2.24) is 10.2 Å². The molecule has 7 nitrogen and oxygen atoms in total. The van der Waals surface area contributed by atoms with Gasteiger partial charge in [0.1, 0.15) is 12.6 Å². The highest BCUT2D eigenvalue weighted by Crippen LogP contribution is 2.25. The predicted octanol–water partition coefficient (Wildman–Crippen LogP) is 4.32. The third-order valence-electron chi connectivity index (χ3n) is 5.51. The Balaban J connectivity index is 2.41. The van der Waals surface area contributed by atoms with E-state index in [1.807, 2.05) is 26.8 Å². The average Bonchev–Trinajstić information content (AvgIpc) is 2.77. The number of carbonyl (C=O) groups is 2. The molecule has 2 aromatic carbocycles. The third kappa shape index (κ3) is 7.35. The van der Waals surface area contributed by atoms with Crippen molar-refractivity contribution in [2.75, 3.05) is 23.7 Å². The van der Waals surface area contributed by atoms with Crippen LogP contribution in [0.4, 0.5) is 5.69 Å². The lowest BCUT2D eigenvalue weighted by Gasteiger charge is -2.31. The number of amides is 2. The summed E-state index contributed by atoms with van der Waals surface area (Å²) in [5, 5.41) is 3.48. The molecule has 0 saturated carbocycles. The lowest BCUT2D eigenvalue weighted by Crippen LogP contribution is -2.51. The van der Waals surface area contributed by atoms with Crippen LogP contribution in [0.2, 0.25) is 10.0 Å². The van der Waals surface area contributed by atoms with Gasteiger partial charge in [-0.05, 0) is 68.1 Å². The van der Waals surface area contributed by atoms with Crippen LogP contribution in [0.15, 0.2) is 36.4 Å². The summed E-state index contributed by atoms with van der Waals surface area (Å²) in [4.78, 5) is 27.5. The Labute approximate surface area is 212 Å². The number of sulfonamides is 1. The molecule has 0 spiro atoms. The Hall–Kier alpha value is -2.29. The van der Waals surface area contributed by atoms with Gasteiger partial charge in [0.25, 0.3) is 0 Å². The van der Waals surface area contributed by atoms with Gasteiger partial charge in [0.05, 0.1) is 22.0 Å². The fourth-order valence-corrected chi connectivity index (χ4v) is 4.47. The standard InChI is InChI=1S/C24H31Cl2N3O4S/c1-6-11-27-24(31)18(4)28(14-19-8-10-21(25)22(26)13-19)23(30)15-29(34(5,32)33)20-9-7-16(2)17(3)12-20/h7-10,12-13,18H,6,11,14-15H2,1-5H3,(H,27,31)/t18-/m0/s1. The number of hydrogen-bond acceptors (Lipinski definition) is 4. The summed E-state index contributed by atoms with van der Waals surface area (Å²) in [5.74, 6) is -0.846. The number of anilines is 1. The monoisotopic (exact) mass is 527 g/mol. The second-order valence-corrected chi connectivity index (χ2v) is 11.0. The predicted molar refractivity (Wildman–Crippen MR) is 138 cm³/mol. The molecule has 0 unspecified atom stereocenters. The van der Waals surface area contributed by atoms with Crippen molar-refractivity contribution in [1.29, 1.82) is 0 Å². The molecule has 0 aliphatic heterocycles. The highest BCUT2D eigenvalue weighted by molar-refractivity contribution is 7.92. The number of aryl methyl sites for hydroxylation is 2. The van der Waals surface area contributed by atoms with Gasteiger partial charge < -0.3 is 10.2 Å². The van der Waals surface area contributed by atoms with Gasteiger partial charge >= 0.3 is 0 Å². The minimum Gasteiger partial charge on any atom is -0.354 e. The van der Waals surface area contributed by atoms with Crippen molar-refractivity contribution in [3.63, 3.8) is 0 Å². The van der Waals surface area contributed by atoms with E-state index < -0.39 is 28.5 Å². The van der Waals surface area contributed by atoms with Crippen molar-refractivity contribution < 1.29 is 18.0 Å². The van der Waals surface area contributed by atoms with Gasteiger partial charge in [-0.1, -0.05) is 42.3 Å². The molecule has 0 fully saturated rings. The van der Waals surface area contributed by atoms with Crippen LogP contribution in [0, 0.1) is 13.8 Å².